The standard InChI is InChI=1S/C71H137NO5/c1-3-5-7-9-11-13-15-17-19-32-37-41-45-49-53-57-61-65-71(76)77-66-62-58-54-50-46-42-38-34-31-29-27-25-23-21-20-22-24-26-28-30-33-36-40-44-48-52-56-60-64-70(75)72-68(67-73)69(74)63-59-55-51-47-43-39-35-18-16-14-12-10-8-6-4-2/h11,13,17,19,68-69,73-74H,3-10,12,14-16,18,20-67H2,1-2H3,(H,72,75)/b13-11-,19-17-. The van der Waals surface area contributed by atoms with E-state index < -0.39 is 12.1 Å². The van der Waals surface area contributed by atoms with Crippen molar-refractivity contribution in [2.75, 3.05) is 13.2 Å². The summed E-state index contributed by atoms with van der Waals surface area (Å²) in [5.74, 6) is -0.0173. The number of hydrogen-bond acceptors (Lipinski definition) is 5. The molecule has 0 fully saturated rings. The van der Waals surface area contributed by atoms with Crippen LogP contribution >= 0.6 is 0 Å². The van der Waals surface area contributed by atoms with Crippen molar-refractivity contribution in [3.63, 3.8) is 0 Å². The van der Waals surface area contributed by atoms with Gasteiger partial charge in [-0.3, -0.25) is 9.59 Å². The zero-order valence-corrected chi connectivity index (χ0v) is 52.2. The Labute approximate surface area is 481 Å². The molecule has 2 atom stereocenters. The molecule has 0 spiro atoms. The van der Waals surface area contributed by atoms with Crippen LogP contribution < -0.4 is 5.32 Å². The molecule has 0 bridgehead atoms. The molecule has 0 aliphatic rings. The van der Waals surface area contributed by atoms with Crippen LogP contribution in [-0.4, -0.2) is 47.4 Å². The number of aliphatic hydroxyl groups excluding tert-OH is 2. The summed E-state index contributed by atoms with van der Waals surface area (Å²) in [7, 11) is 0. The first kappa shape index (κ1) is 75.3. The van der Waals surface area contributed by atoms with Crippen molar-refractivity contribution < 1.29 is 24.5 Å². The van der Waals surface area contributed by atoms with Gasteiger partial charge in [-0.2, -0.15) is 0 Å². The first-order valence-corrected chi connectivity index (χ1v) is 35.1. The van der Waals surface area contributed by atoms with Gasteiger partial charge in [-0.25, -0.2) is 0 Å². The summed E-state index contributed by atoms with van der Waals surface area (Å²) < 4.78 is 5.50. The molecule has 0 aromatic heterocycles. The van der Waals surface area contributed by atoms with Crippen LogP contribution in [-0.2, 0) is 14.3 Å². The van der Waals surface area contributed by atoms with Crippen LogP contribution in [0.25, 0.3) is 0 Å². The maximum Gasteiger partial charge on any atom is 0.305 e. The van der Waals surface area contributed by atoms with Gasteiger partial charge in [-0.1, -0.05) is 346 Å². The van der Waals surface area contributed by atoms with Gasteiger partial charge < -0.3 is 20.3 Å². The second-order valence-electron chi connectivity index (χ2n) is 24.2. The number of carbonyl (C=O) groups excluding carboxylic acids is 2. The van der Waals surface area contributed by atoms with E-state index in [1.807, 2.05) is 0 Å². The lowest BCUT2D eigenvalue weighted by atomic mass is 10.0. The summed E-state index contributed by atoms with van der Waals surface area (Å²) in [6.07, 6.45) is 83.7. The quantitative estimate of drug-likeness (QED) is 0.0320. The van der Waals surface area contributed by atoms with Gasteiger partial charge >= 0.3 is 5.97 Å². The van der Waals surface area contributed by atoms with E-state index >= 15 is 0 Å². The summed E-state index contributed by atoms with van der Waals surface area (Å²) >= 11 is 0. The van der Waals surface area contributed by atoms with Gasteiger partial charge in [-0.15, -0.1) is 0 Å². The minimum atomic E-state index is -0.661. The molecular weight excluding hydrogens is 947 g/mol. The third kappa shape index (κ3) is 63.4. The second kappa shape index (κ2) is 66.8. The molecule has 0 heterocycles. The summed E-state index contributed by atoms with van der Waals surface area (Å²) in [5.41, 5.74) is 0. The molecular formula is C71H137NO5. The monoisotopic (exact) mass is 1080 g/mol. The predicted molar refractivity (Wildman–Crippen MR) is 338 cm³/mol. The van der Waals surface area contributed by atoms with Crippen molar-refractivity contribution >= 4 is 11.9 Å². The van der Waals surface area contributed by atoms with E-state index in [4.69, 9.17) is 4.74 Å². The van der Waals surface area contributed by atoms with Crippen LogP contribution in [0.2, 0.25) is 0 Å². The Bertz CT molecular complexity index is 1200. The highest BCUT2D eigenvalue weighted by Gasteiger charge is 2.20. The fourth-order valence-corrected chi connectivity index (χ4v) is 11.1. The Morgan fingerprint density at radius 2 is 0.649 bits per heavy atom. The van der Waals surface area contributed by atoms with Crippen molar-refractivity contribution in [1.82, 2.24) is 5.32 Å². The summed E-state index contributed by atoms with van der Waals surface area (Å²) in [5, 5.41) is 23.3. The predicted octanol–water partition coefficient (Wildman–Crippen LogP) is 22.5. The number of esters is 1. The number of ether oxygens (including phenoxy) is 1. The number of nitrogens with one attached hydrogen (secondary N) is 1. The van der Waals surface area contributed by atoms with Crippen molar-refractivity contribution in [2.45, 2.75) is 405 Å². The number of rotatable bonds is 66. The Morgan fingerprint density at radius 1 is 0.364 bits per heavy atom. The highest BCUT2D eigenvalue weighted by atomic mass is 16.5. The van der Waals surface area contributed by atoms with E-state index in [0.717, 1.165) is 51.4 Å². The van der Waals surface area contributed by atoms with Gasteiger partial charge in [0, 0.05) is 12.8 Å². The van der Waals surface area contributed by atoms with Crippen LogP contribution in [0.3, 0.4) is 0 Å². The Kier molecular flexibility index (Phi) is 65.4. The zero-order valence-electron chi connectivity index (χ0n) is 52.2. The van der Waals surface area contributed by atoms with Gasteiger partial charge in [0.25, 0.3) is 0 Å². The number of hydrogen-bond donors (Lipinski definition) is 3. The van der Waals surface area contributed by atoms with E-state index in [9.17, 15) is 19.8 Å². The minimum absolute atomic E-state index is 0.0117. The molecule has 0 saturated heterocycles. The second-order valence-corrected chi connectivity index (χ2v) is 24.2. The zero-order chi connectivity index (χ0) is 55.7. The van der Waals surface area contributed by atoms with Crippen LogP contribution in [0.15, 0.2) is 24.3 Å². The molecule has 0 aromatic carbocycles. The Hall–Kier alpha value is -1.66. The highest BCUT2D eigenvalue weighted by molar-refractivity contribution is 5.76. The Balaban J connectivity index is 3.33. The van der Waals surface area contributed by atoms with Gasteiger partial charge in [0.2, 0.25) is 5.91 Å². The number of allylic oxidation sites excluding steroid dienone is 4. The fourth-order valence-electron chi connectivity index (χ4n) is 11.1. The van der Waals surface area contributed by atoms with Gasteiger partial charge in [-0.05, 0) is 57.8 Å². The maximum atomic E-state index is 12.5. The third-order valence-electron chi connectivity index (χ3n) is 16.5. The average Bonchev–Trinajstić information content (AvgIpc) is 3.43. The fraction of sp³-hybridized carbons (Fsp3) is 0.915. The Morgan fingerprint density at radius 3 is 1.01 bits per heavy atom. The molecule has 77 heavy (non-hydrogen) atoms. The largest absolute Gasteiger partial charge is 0.466 e. The molecule has 1 amide bonds. The van der Waals surface area contributed by atoms with Crippen molar-refractivity contribution in [2.24, 2.45) is 0 Å². The van der Waals surface area contributed by atoms with Gasteiger partial charge in [0.05, 0.1) is 25.4 Å². The molecule has 0 rings (SSSR count). The molecule has 2 unspecified atom stereocenters. The van der Waals surface area contributed by atoms with E-state index in [-0.39, 0.29) is 18.5 Å². The first-order valence-electron chi connectivity index (χ1n) is 35.1. The number of amides is 1. The molecule has 0 saturated carbocycles. The topological polar surface area (TPSA) is 95.9 Å². The number of unbranched alkanes of at least 4 members (excludes halogenated alkanes) is 51. The van der Waals surface area contributed by atoms with Crippen molar-refractivity contribution in [1.29, 1.82) is 0 Å². The number of aliphatic hydroxyl groups is 2. The normalized spacial score (nSPS) is 12.6. The molecule has 0 aliphatic carbocycles. The molecule has 456 valence electrons. The summed E-state index contributed by atoms with van der Waals surface area (Å²) in [6, 6.07) is -0.538. The van der Waals surface area contributed by atoms with Crippen molar-refractivity contribution in [3.05, 3.63) is 24.3 Å². The van der Waals surface area contributed by atoms with Gasteiger partial charge in [0.1, 0.15) is 0 Å². The minimum Gasteiger partial charge on any atom is -0.466 e. The molecule has 0 aromatic rings. The maximum absolute atomic E-state index is 12.5. The van der Waals surface area contributed by atoms with E-state index in [0.29, 0.717) is 25.9 Å². The summed E-state index contributed by atoms with van der Waals surface area (Å²) in [6.45, 7) is 4.96. The molecule has 6 heteroatoms. The highest BCUT2D eigenvalue weighted by Crippen LogP contribution is 2.19. The smallest absolute Gasteiger partial charge is 0.305 e. The van der Waals surface area contributed by atoms with E-state index in [2.05, 4.69) is 43.5 Å². The lowest BCUT2D eigenvalue weighted by Gasteiger charge is -2.22. The SMILES string of the molecule is CCCCC/C=C\C/C=C\CCCCCCCCCC(=O)OCCCCCCCCCCCCCCCCCCCCCCCCCCCCCCC(=O)NC(CO)C(O)CCCCCCCCCCCCCCCCC. The van der Waals surface area contributed by atoms with Crippen LogP contribution in [0, 0.1) is 0 Å². The third-order valence-corrected chi connectivity index (χ3v) is 16.5. The lowest BCUT2D eigenvalue weighted by Crippen LogP contribution is -2.45. The average molecular weight is 1080 g/mol. The van der Waals surface area contributed by atoms with Crippen molar-refractivity contribution in [3.8, 4) is 0 Å². The molecule has 0 aliphatic heterocycles. The lowest BCUT2D eigenvalue weighted by molar-refractivity contribution is -0.143. The molecule has 0 radical (unpaired) electrons. The van der Waals surface area contributed by atoms with Crippen LogP contribution in [0.1, 0.15) is 393 Å². The van der Waals surface area contributed by atoms with E-state index in [1.165, 1.54) is 308 Å². The molecule has 3 N–H and O–H groups in total. The van der Waals surface area contributed by atoms with Crippen LogP contribution in [0.4, 0.5) is 0 Å². The number of carbonyl (C=O) groups is 2. The first-order chi connectivity index (χ1) is 38.0. The molecule has 6 nitrogen and oxygen atoms in total. The van der Waals surface area contributed by atoms with Crippen LogP contribution in [0.5, 0.6) is 0 Å². The van der Waals surface area contributed by atoms with E-state index in [1.54, 1.807) is 0 Å². The van der Waals surface area contributed by atoms with Gasteiger partial charge in [0.15, 0.2) is 0 Å². The summed E-state index contributed by atoms with van der Waals surface area (Å²) in [4.78, 5) is 24.6.